The zero-order chi connectivity index (χ0) is 12.4. The quantitative estimate of drug-likeness (QED) is 0.903. The Bertz CT molecular complexity index is 457. The van der Waals surface area contributed by atoms with Gasteiger partial charge in [0.2, 0.25) is 0 Å². The Hall–Kier alpha value is -1.16. The zero-order valence-corrected chi connectivity index (χ0v) is 11.4. The van der Waals surface area contributed by atoms with Gasteiger partial charge < -0.3 is 10.1 Å². The van der Waals surface area contributed by atoms with Gasteiger partial charge >= 0.3 is 0 Å². The van der Waals surface area contributed by atoms with Crippen molar-refractivity contribution in [1.82, 2.24) is 0 Å². The lowest BCUT2D eigenvalue weighted by molar-refractivity contribution is 0.340. The first-order valence-corrected chi connectivity index (χ1v) is 7.44. The molecule has 0 saturated heterocycles. The molecule has 1 fully saturated rings. The average Bonchev–Trinajstić information content (AvgIpc) is 3.12. The van der Waals surface area contributed by atoms with E-state index in [2.05, 4.69) is 16.4 Å². The molecule has 3 nitrogen and oxygen atoms in total. The van der Waals surface area contributed by atoms with E-state index in [0.29, 0.717) is 11.9 Å². The maximum Gasteiger partial charge on any atom is 0.161 e. The van der Waals surface area contributed by atoms with Crippen LogP contribution in [0, 0.1) is 5.92 Å². The van der Waals surface area contributed by atoms with Gasteiger partial charge in [-0.1, -0.05) is 17.8 Å². The Morgan fingerprint density at radius 3 is 3.11 bits per heavy atom. The molecular formula is C14H18N2OS. The molecule has 96 valence electrons. The molecule has 1 aliphatic heterocycles. The highest BCUT2D eigenvalue weighted by molar-refractivity contribution is 8.15. The summed E-state index contributed by atoms with van der Waals surface area (Å²) in [6.07, 6.45) is 2.78. The lowest BCUT2D eigenvalue weighted by Crippen LogP contribution is -2.09. The molecule has 1 N–H and O–H groups in total. The van der Waals surface area contributed by atoms with E-state index in [0.717, 1.165) is 29.1 Å². The van der Waals surface area contributed by atoms with Crippen molar-refractivity contribution < 1.29 is 4.74 Å². The fraction of sp³-hybridized carbons (Fsp3) is 0.500. The fourth-order valence-corrected chi connectivity index (χ4v) is 3.35. The average molecular weight is 262 g/mol. The Balaban J connectivity index is 1.60. The summed E-state index contributed by atoms with van der Waals surface area (Å²) >= 11 is 1.89. The minimum Gasteiger partial charge on any atom is -0.494 e. The van der Waals surface area contributed by atoms with Crippen molar-refractivity contribution in [2.24, 2.45) is 10.9 Å². The van der Waals surface area contributed by atoms with E-state index in [1.54, 1.807) is 0 Å². The van der Waals surface area contributed by atoms with E-state index in [-0.39, 0.29) is 0 Å². The number of hydrogen-bond acceptors (Lipinski definition) is 4. The smallest absolute Gasteiger partial charge is 0.161 e. The molecule has 3 rings (SSSR count). The number of thioether (sulfide) groups is 1. The topological polar surface area (TPSA) is 33.6 Å². The molecule has 1 aromatic carbocycles. The highest BCUT2D eigenvalue weighted by Crippen LogP contribution is 2.42. The predicted octanol–water partition coefficient (Wildman–Crippen LogP) is 3.38. The molecule has 1 aliphatic carbocycles. The van der Waals surface area contributed by atoms with E-state index in [1.807, 2.05) is 36.9 Å². The van der Waals surface area contributed by atoms with Crippen molar-refractivity contribution in [3.63, 3.8) is 0 Å². The Labute approximate surface area is 112 Å². The summed E-state index contributed by atoms with van der Waals surface area (Å²) in [5, 5.41) is 5.15. The molecule has 18 heavy (non-hydrogen) atoms. The van der Waals surface area contributed by atoms with Crippen molar-refractivity contribution in [2.45, 2.75) is 25.0 Å². The normalized spacial score (nSPS) is 22.7. The monoisotopic (exact) mass is 262 g/mol. The number of nitrogens with one attached hydrogen (secondary N) is 1. The molecule has 2 aliphatic rings. The Kier molecular flexibility index (Phi) is 3.46. The van der Waals surface area contributed by atoms with Gasteiger partial charge in [0.1, 0.15) is 5.75 Å². The molecule has 1 saturated carbocycles. The van der Waals surface area contributed by atoms with Crippen molar-refractivity contribution >= 4 is 22.6 Å². The molecule has 4 heteroatoms. The fourth-order valence-electron chi connectivity index (χ4n) is 2.13. The van der Waals surface area contributed by atoms with Gasteiger partial charge in [0.05, 0.1) is 13.2 Å². The number of amidine groups is 1. The number of ether oxygens (including phenoxy) is 1. The van der Waals surface area contributed by atoms with Crippen molar-refractivity contribution in [2.75, 3.05) is 18.5 Å². The van der Waals surface area contributed by atoms with E-state index in [4.69, 9.17) is 4.74 Å². The third-order valence-electron chi connectivity index (χ3n) is 3.22. The molecule has 1 heterocycles. The van der Waals surface area contributed by atoms with Crippen LogP contribution in [0.15, 0.2) is 29.3 Å². The minimum atomic E-state index is 0.697. The van der Waals surface area contributed by atoms with Crippen molar-refractivity contribution in [3.8, 4) is 5.75 Å². The van der Waals surface area contributed by atoms with Crippen molar-refractivity contribution in [1.29, 1.82) is 0 Å². The van der Waals surface area contributed by atoms with Gasteiger partial charge in [0.25, 0.3) is 0 Å². The van der Waals surface area contributed by atoms with Gasteiger partial charge in [0, 0.05) is 17.0 Å². The van der Waals surface area contributed by atoms with Crippen molar-refractivity contribution in [3.05, 3.63) is 24.3 Å². The van der Waals surface area contributed by atoms with E-state index < -0.39 is 0 Å². The molecule has 0 spiro atoms. The second kappa shape index (κ2) is 5.22. The van der Waals surface area contributed by atoms with Gasteiger partial charge in [-0.25, -0.2) is 0 Å². The first kappa shape index (κ1) is 11.9. The minimum absolute atomic E-state index is 0.697. The summed E-state index contributed by atoms with van der Waals surface area (Å²) in [5.41, 5.74) is 1.06. The SMILES string of the molecule is CCOc1cccc(NC2=NCC(C3CC3)S2)c1. The second-order valence-corrected chi connectivity index (χ2v) is 5.95. The van der Waals surface area contributed by atoms with Gasteiger partial charge in [-0.3, -0.25) is 4.99 Å². The van der Waals surface area contributed by atoms with Crippen LogP contribution >= 0.6 is 11.8 Å². The Morgan fingerprint density at radius 2 is 2.33 bits per heavy atom. The molecular weight excluding hydrogens is 244 g/mol. The first-order valence-electron chi connectivity index (χ1n) is 6.56. The second-order valence-electron chi connectivity index (χ2n) is 4.73. The molecule has 0 amide bonds. The summed E-state index contributed by atoms with van der Waals surface area (Å²) < 4.78 is 5.49. The van der Waals surface area contributed by atoms with Crippen LogP contribution in [-0.4, -0.2) is 23.6 Å². The standard InChI is InChI=1S/C14H18N2OS/c1-2-17-12-5-3-4-11(8-12)16-14-15-9-13(18-14)10-6-7-10/h3-5,8,10,13H,2,6-7,9H2,1H3,(H,15,16). The van der Waals surface area contributed by atoms with Crippen LogP contribution < -0.4 is 10.1 Å². The third-order valence-corrected chi connectivity index (χ3v) is 4.51. The van der Waals surface area contributed by atoms with Gasteiger partial charge in [-0.05, 0) is 37.8 Å². The van der Waals surface area contributed by atoms with Gasteiger partial charge in [-0.15, -0.1) is 0 Å². The highest BCUT2D eigenvalue weighted by atomic mass is 32.2. The number of rotatable bonds is 4. The number of hydrogen-bond donors (Lipinski definition) is 1. The predicted molar refractivity (Wildman–Crippen MR) is 77.6 cm³/mol. The van der Waals surface area contributed by atoms with Gasteiger partial charge in [-0.2, -0.15) is 0 Å². The third kappa shape index (κ3) is 2.80. The first-order chi connectivity index (χ1) is 8.85. The maximum atomic E-state index is 5.49. The van der Waals surface area contributed by atoms with E-state index in [9.17, 15) is 0 Å². The molecule has 1 aromatic rings. The molecule has 1 atom stereocenters. The van der Waals surface area contributed by atoms with Crippen LogP contribution in [0.2, 0.25) is 0 Å². The van der Waals surface area contributed by atoms with E-state index >= 15 is 0 Å². The van der Waals surface area contributed by atoms with Crippen LogP contribution in [-0.2, 0) is 0 Å². The molecule has 0 bridgehead atoms. The number of aliphatic imine (C=N–C) groups is 1. The van der Waals surface area contributed by atoms with Crippen LogP contribution in [0.4, 0.5) is 5.69 Å². The lowest BCUT2D eigenvalue weighted by atomic mass is 10.3. The Morgan fingerprint density at radius 1 is 1.44 bits per heavy atom. The van der Waals surface area contributed by atoms with E-state index in [1.165, 1.54) is 12.8 Å². The summed E-state index contributed by atoms with van der Waals surface area (Å²) in [4.78, 5) is 4.58. The number of anilines is 1. The van der Waals surface area contributed by atoms with Crippen LogP contribution in [0.3, 0.4) is 0 Å². The van der Waals surface area contributed by atoms with Crippen LogP contribution in [0.5, 0.6) is 5.75 Å². The number of nitrogens with zero attached hydrogens (tertiary/aromatic N) is 1. The number of benzene rings is 1. The highest BCUT2D eigenvalue weighted by Gasteiger charge is 2.35. The molecule has 1 unspecified atom stereocenters. The summed E-state index contributed by atoms with van der Waals surface area (Å²) in [6.45, 7) is 3.67. The maximum absolute atomic E-state index is 5.49. The summed E-state index contributed by atoms with van der Waals surface area (Å²) in [5.74, 6) is 1.82. The summed E-state index contributed by atoms with van der Waals surface area (Å²) in [7, 11) is 0. The molecule has 0 aromatic heterocycles. The zero-order valence-electron chi connectivity index (χ0n) is 10.6. The lowest BCUT2D eigenvalue weighted by Gasteiger charge is -2.09. The van der Waals surface area contributed by atoms with Crippen LogP contribution in [0.1, 0.15) is 19.8 Å². The largest absolute Gasteiger partial charge is 0.494 e. The molecule has 0 radical (unpaired) electrons. The van der Waals surface area contributed by atoms with Crippen LogP contribution in [0.25, 0.3) is 0 Å². The van der Waals surface area contributed by atoms with Gasteiger partial charge in [0.15, 0.2) is 5.17 Å². The summed E-state index contributed by atoms with van der Waals surface area (Å²) in [6, 6.07) is 8.06.